The van der Waals surface area contributed by atoms with Crippen molar-refractivity contribution in [3.63, 3.8) is 0 Å². The number of hydrogen-bond donors (Lipinski definition) is 2. The van der Waals surface area contributed by atoms with Crippen LogP contribution in [-0.4, -0.2) is 30.9 Å². The molecule has 1 atom stereocenters. The molecule has 0 saturated carbocycles. The van der Waals surface area contributed by atoms with Gasteiger partial charge in [0.1, 0.15) is 11.5 Å². The van der Waals surface area contributed by atoms with Gasteiger partial charge >= 0.3 is 0 Å². The van der Waals surface area contributed by atoms with Crippen molar-refractivity contribution in [2.75, 3.05) is 26.1 Å². The molecule has 1 aliphatic heterocycles. The van der Waals surface area contributed by atoms with E-state index in [0.29, 0.717) is 5.69 Å². The summed E-state index contributed by atoms with van der Waals surface area (Å²) in [5, 5.41) is 13.1. The average molecular weight is 252 g/mol. The molecule has 0 amide bonds. The third-order valence-corrected chi connectivity index (χ3v) is 3.18. The maximum Gasteiger partial charge on any atom is 0.201 e. The van der Waals surface area contributed by atoms with Crippen LogP contribution in [0.1, 0.15) is 42.6 Å². The first-order chi connectivity index (χ1) is 8.67. The van der Waals surface area contributed by atoms with Crippen LogP contribution in [0, 0.1) is 0 Å². The molecule has 100 valence electrons. The summed E-state index contributed by atoms with van der Waals surface area (Å²) in [5.41, 5.74) is 2.56. The van der Waals surface area contributed by atoms with E-state index < -0.39 is 12.4 Å². The van der Waals surface area contributed by atoms with E-state index in [1.165, 1.54) is 0 Å². The van der Waals surface area contributed by atoms with Crippen molar-refractivity contribution in [1.29, 1.82) is 0 Å². The van der Waals surface area contributed by atoms with Gasteiger partial charge in [0.05, 0.1) is 6.10 Å². The highest BCUT2D eigenvalue weighted by atomic mass is 16.7. The molecule has 2 heterocycles. The molecular weight excluding hydrogens is 232 g/mol. The van der Waals surface area contributed by atoms with Gasteiger partial charge in [-0.05, 0) is 31.4 Å². The molecule has 18 heavy (non-hydrogen) atoms. The summed E-state index contributed by atoms with van der Waals surface area (Å²) in [6.07, 6.45) is 0.932. The summed E-state index contributed by atoms with van der Waals surface area (Å²) >= 11 is 0. The van der Waals surface area contributed by atoms with Crippen LogP contribution >= 0.6 is 0 Å². The molecular formula is C13H20N2O3. The van der Waals surface area contributed by atoms with Crippen LogP contribution in [0.4, 0.5) is 5.82 Å². The highest BCUT2D eigenvalue weighted by Gasteiger charge is 2.22. The molecule has 0 aliphatic carbocycles. The van der Waals surface area contributed by atoms with Gasteiger partial charge in [-0.2, -0.15) is 0 Å². The van der Waals surface area contributed by atoms with E-state index in [4.69, 9.17) is 9.47 Å². The maximum absolute atomic E-state index is 9.87. The second-order valence-electron chi connectivity index (χ2n) is 4.48. The molecule has 0 bridgehead atoms. The summed E-state index contributed by atoms with van der Waals surface area (Å²) in [5.74, 6) is 0.875. The van der Waals surface area contributed by atoms with E-state index in [-0.39, 0.29) is 0 Å². The van der Waals surface area contributed by atoms with E-state index in [2.05, 4.69) is 10.3 Å². The van der Waals surface area contributed by atoms with E-state index in [1.54, 1.807) is 21.1 Å². The van der Waals surface area contributed by atoms with E-state index in [1.807, 2.05) is 6.07 Å². The summed E-state index contributed by atoms with van der Waals surface area (Å²) < 4.78 is 10.5. The zero-order valence-corrected chi connectivity index (χ0v) is 11.1. The van der Waals surface area contributed by atoms with Gasteiger partial charge in [-0.25, -0.2) is 4.98 Å². The maximum atomic E-state index is 9.87. The number of rotatable bonds is 4. The first kappa shape index (κ1) is 13.3. The minimum Gasteiger partial charge on any atom is -0.389 e. The Balaban J connectivity index is 2.48. The topological polar surface area (TPSA) is 63.6 Å². The predicted molar refractivity (Wildman–Crippen MR) is 68.4 cm³/mol. The quantitative estimate of drug-likeness (QED) is 0.800. The minimum atomic E-state index is -0.590. The van der Waals surface area contributed by atoms with Gasteiger partial charge in [0.2, 0.25) is 6.29 Å². The first-order valence-corrected chi connectivity index (χ1v) is 6.18. The first-order valence-electron chi connectivity index (χ1n) is 6.18. The average Bonchev–Trinajstić information content (AvgIpc) is 2.39. The Kier molecular flexibility index (Phi) is 4.16. The molecule has 2 rings (SSSR count). The Bertz CT molecular complexity index is 417. The lowest BCUT2D eigenvalue weighted by molar-refractivity contribution is -0.109. The standard InChI is InChI=1S/C13H20N2O3/c1-8(16)10-7-9-5-4-6-14-12(9)15-11(10)13(17-2)18-3/h7-8,13,16H,4-6H2,1-3H3,(H,14,15)/t8-/m0/s1. The lowest BCUT2D eigenvalue weighted by Gasteiger charge is -2.24. The Morgan fingerprint density at radius 2 is 2.11 bits per heavy atom. The molecule has 1 aliphatic rings. The Morgan fingerprint density at radius 1 is 1.39 bits per heavy atom. The molecule has 1 aromatic heterocycles. The predicted octanol–water partition coefficient (Wildman–Crippen LogP) is 1.78. The molecule has 2 N–H and O–H groups in total. The van der Waals surface area contributed by atoms with Crippen molar-refractivity contribution < 1.29 is 14.6 Å². The van der Waals surface area contributed by atoms with Gasteiger partial charge in [0.25, 0.3) is 0 Å². The van der Waals surface area contributed by atoms with Gasteiger partial charge in [-0.3, -0.25) is 0 Å². The van der Waals surface area contributed by atoms with Crippen molar-refractivity contribution in [1.82, 2.24) is 4.98 Å². The summed E-state index contributed by atoms with van der Waals surface area (Å²) in [6, 6.07) is 2.00. The highest BCUT2D eigenvalue weighted by molar-refractivity contribution is 5.50. The number of aromatic nitrogens is 1. The van der Waals surface area contributed by atoms with Crippen LogP contribution < -0.4 is 5.32 Å². The van der Waals surface area contributed by atoms with Gasteiger partial charge in [0.15, 0.2) is 0 Å². The number of aryl methyl sites for hydroxylation is 1. The van der Waals surface area contributed by atoms with Crippen LogP contribution in [0.15, 0.2) is 6.07 Å². The molecule has 0 spiro atoms. The second kappa shape index (κ2) is 5.65. The Morgan fingerprint density at radius 3 is 2.72 bits per heavy atom. The number of nitrogens with zero attached hydrogens (tertiary/aromatic N) is 1. The summed E-state index contributed by atoms with van der Waals surface area (Å²) in [4.78, 5) is 4.56. The van der Waals surface area contributed by atoms with Gasteiger partial charge in [-0.15, -0.1) is 0 Å². The molecule has 5 nitrogen and oxygen atoms in total. The molecule has 0 unspecified atom stereocenters. The van der Waals surface area contributed by atoms with Crippen LogP contribution in [0.25, 0.3) is 0 Å². The SMILES string of the molecule is COC(OC)c1nc2c(cc1[C@H](C)O)CCCN2. The van der Waals surface area contributed by atoms with Crippen molar-refractivity contribution in [2.24, 2.45) is 0 Å². The molecule has 1 aromatic rings. The van der Waals surface area contributed by atoms with Gasteiger partial charge < -0.3 is 19.9 Å². The monoisotopic (exact) mass is 252 g/mol. The number of anilines is 1. The van der Waals surface area contributed by atoms with Crippen molar-refractivity contribution >= 4 is 5.82 Å². The number of nitrogens with one attached hydrogen (secondary N) is 1. The molecule has 0 saturated heterocycles. The van der Waals surface area contributed by atoms with Crippen LogP contribution in [-0.2, 0) is 15.9 Å². The summed E-state index contributed by atoms with van der Waals surface area (Å²) in [6.45, 7) is 2.66. The number of ether oxygens (including phenoxy) is 2. The molecule has 5 heteroatoms. The fourth-order valence-corrected chi connectivity index (χ4v) is 2.26. The Labute approximate surface area is 107 Å². The smallest absolute Gasteiger partial charge is 0.201 e. The molecule has 0 fully saturated rings. The fraction of sp³-hybridized carbons (Fsp3) is 0.615. The Hall–Kier alpha value is -1.17. The highest BCUT2D eigenvalue weighted by Crippen LogP contribution is 2.30. The fourth-order valence-electron chi connectivity index (χ4n) is 2.26. The van der Waals surface area contributed by atoms with Gasteiger partial charge in [0, 0.05) is 26.3 Å². The molecule has 0 radical (unpaired) electrons. The number of hydrogen-bond acceptors (Lipinski definition) is 5. The lowest BCUT2D eigenvalue weighted by Crippen LogP contribution is -2.18. The van der Waals surface area contributed by atoms with E-state index >= 15 is 0 Å². The van der Waals surface area contributed by atoms with E-state index in [9.17, 15) is 5.11 Å². The number of fused-ring (bicyclic) bond motifs is 1. The minimum absolute atomic E-state index is 0.552. The normalized spacial score (nSPS) is 16.3. The van der Waals surface area contributed by atoms with Crippen LogP contribution in [0.5, 0.6) is 0 Å². The zero-order chi connectivity index (χ0) is 13.1. The van der Waals surface area contributed by atoms with E-state index in [0.717, 1.165) is 36.3 Å². The lowest BCUT2D eigenvalue weighted by atomic mass is 10.0. The number of aliphatic hydroxyl groups excluding tert-OH is 1. The van der Waals surface area contributed by atoms with Crippen LogP contribution in [0.2, 0.25) is 0 Å². The number of aliphatic hydroxyl groups is 1. The van der Waals surface area contributed by atoms with Crippen LogP contribution in [0.3, 0.4) is 0 Å². The van der Waals surface area contributed by atoms with Crippen molar-refractivity contribution in [2.45, 2.75) is 32.2 Å². The molecule has 0 aromatic carbocycles. The second-order valence-corrected chi connectivity index (χ2v) is 4.48. The summed E-state index contributed by atoms with van der Waals surface area (Å²) in [7, 11) is 3.13. The van der Waals surface area contributed by atoms with Gasteiger partial charge in [-0.1, -0.05) is 0 Å². The van der Waals surface area contributed by atoms with Crippen molar-refractivity contribution in [3.05, 3.63) is 22.9 Å². The third-order valence-electron chi connectivity index (χ3n) is 3.18. The largest absolute Gasteiger partial charge is 0.389 e. The third kappa shape index (κ3) is 2.48. The zero-order valence-electron chi connectivity index (χ0n) is 11.1. The number of methoxy groups -OCH3 is 2. The number of pyridine rings is 1. The van der Waals surface area contributed by atoms with Crippen molar-refractivity contribution in [3.8, 4) is 0 Å².